The predicted molar refractivity (Wildman–Crippen MR) is 94.4 cm³/mol. The maximum absolute atomic E-state index is 13.6. The molecule has 3 aromatic rings. The van der Waals surface area contributed by atoms with Crippen molar-refractivity contribution in [2.24, 2.45) is 0 Å². The average Bonchev–Trinajstić information content (AvgIpc) is 3.09. The van der Waals surface area contributed by atoms with Crippen molar-refractivity contribution in [2.75, 3.05) is 5.32 Å². The highest BCUT2D eigenvalue weighted by atomic mass is 35.5. The summed E-state index contributed by atoms with van der Waals surface area (Å²) in [7, 11) is 0. The number of amides is 1. The van der Waals surface area contributed by atoms with Crippen molar-refractivity contribution in [3.05, 3.63) is 75.7 Å². The van der Waals surface area contributed by atoms with Crippen LogP contribution in [0.25, 0.3) is 11.1 Å². The number of anilines is 1. The van der Waals surface area contributed by atoms with E-state index >= 15 is 0 Å². The summed E-state index contributed by atoms with van der Waals surface area (Å²) >= 11 is 7.10. The summed E-state index contributed by atoms with van der Waals surface area (Å²) in [5.41, 5.74) is 0.733. The Bertz CT molecular complexity index is 941. The van der Waals surface area contributed by atoms with Gasteiger partial charge in [-0.2, -0.15) is 0 Å². The highest BCUT2D eigenvalue weighted by Gasteiger charge is 2.15. The van der Waals surface area contributed by atoms with Crippen LogP contribution in [0.4, 0.5) is 14.5 Å². The van der Waals surface area contributed by atoms with Crippen LogP contribution in [0.1, 0.15) is 20.4 Å². The van der Waals surface area contributed by atoms with Crippen LogP contribution < -0.4 is 5.32 Å². The number of halogens is 3. The van der Waals surface area contributed by atoms with Crippen LogP contribution in [0.15, 0.2) is 48.5 Å². The van der Waals surface area contributed by atoms with Crippen molar-refractivity contribution in [1.82, 2.24) is 10.2 Å². The van der Waals surface area contributed by atoms with Gasteiger partial charge < -0.3 is 5.32 Å². The fourth-order valence-electron chi connectivity index (χ4n) is 1.92. The smallest absolute Gasteiger partial charge is 0.286 e. The number of aromatic nitrogens is 2. The molecule has 0 fully saturated rings. The SMILES string of the molecule is O=C(Nc1ccc(F)cc1)c1nnc(/C(Cl)=C/c2ccccc2F)s1. The molecule has 1 aromatic heterocycles. The van der Waals surface area contributed by atoms with E-state index in [0.29, 0.717) is 11.3 Å². The zero-order valence-electron chi connectivity index (χ0n) is 12.5. The summed E-state index contributed by atoms with van der Waals surface area (Å²) in [6.45, 7) is 0. The van der Waals surface area contributed by atoms with Crippen molar-refractivity contribution in [3.63, 3.8) is 0 Å². The number of carbonyl (C=O) groups excluding carboxylic acids is 1. The van der Waals surface area contributed by atoms with Gasteiger partial charge in [0.15, 0.2) is 5.01 Å². The Balaban J connectivity index is 1.76. The lowest BCUT2D eigenvalue weighted by Crippen LogP contribution is -2.11. The van der Waals surface area contributed by atoms with E-state index in [-0.39, 0.29) is 15.0 Å². The lowest BCUT2D eigenvalue weighted by molar-refractivity contribution is 0.102. The van der Waals surface area contributed by atoms with Crippen molar-refractivity contribution in [1.29, 1.82) is 0 Å². The van der Waals surface area contributed by atoms with Gasteiger partial charge in [-0.05, 0) is 36.4 Å². The van der Waals surface area contributed by atoms with Crippen LogP contribution in [0.2, 0.25) is 0 Å². The zero-order valence-corrected chi connectivity index (χ0v) is 14.1. The molecule has 0 atom stereocenters. The van der Waals surface area contributed by atoms with Gasteiger partial charge in [0.1, 0.15) is 11.6 Å². The minimum Gasteiger partial charge on any atom is -0.320 e. The number of carbonyl (C=O) groups is 1. The molecular formula is C17H10ClF2N3OS. The third-order valence-electron chi connectivity index (χ3n) is 3.11. The van der Waals surface area contributed by atoms with Gasteiger partial charge >= 0.3 is 0 Å². The molecule has 2 aromatic carbocycles. The Morgan fingerprint density at radius 1 is 1.04 bits per heavy atom. The second kappa shape index (κ2) is 7.50. The van der Waals surface area contributed by atoms with Gasteiger partial charge in [0.05, 0.1) is 5.03 Å². The van der Waals surface area contributed by atoms with Gasteiger partial charge in [0, 0.05) is 11.3 Å². The molecule has 4 nitrogen and oxygen atoms in total. The Kier molecular flexibility index (Phi) is 5.16. The zero-order chi connectivity index (χ0) is 17.8. The van der Waals surface area contributed by atoms with Gasteiger partial charge in [0.25, 0.3) is 5.91 Å². The van der Waals surface area contributed by atoms with Gasteiger partial charge in [0.2, 0.25) is 5.01 Å². The molecule has 126 valence electrons. The fourth-order valence-corrected chi connectivity index (χ4v) is 2.84. The van der Waals surface area contributed by atoms with Crippen LogP contribution in [0.3, 0.4) is 0 Å². The molecule has 0 aliphatic heterocycles. The van der Waals surface area contributed by atoms with E-state index in [0.717, 1.165) is 11.3 Å². The lowest BCUT2D eigenvalue weighted by atomic mass is 10.2. The van der Waals surface area contributed by atoms with Crippen molar-refractivity contribution >= 4 is 45.6 Å². The number of hydrogen-bond acceptors (Lipinski definition) is 4. The number of nitrogens with zero attached hydrogens (tertiary/aromatic N) is 2. The Morgan fingerprint density at radius 2 is 1.72 bits per heavy atom. The van der Waals surface area contributed by atoms with Gasteiger partial charge in [-0.15, -0.1) is 10.2 Å². The second-order valence-corrected chi connectivity index (χ2v) is 6.27. The van der Waals surface area contributed by atoms with E-state index in [1.165, 1.54) is 36.4 Å². The molecule has 0 saturated heterocycles. The summed E-state index contributed by atoms with van der Waals surface area (Å²) in [4.78, 5) is 12.1. The molecule has 0 saturated carbocycles. The molecule has 3 rings (SSSR count). The highest BCUT2D eigenvalue weighted by Crippen LogP contribution is 2.26. The molecule has 8 heteroatoms. The van der Waals surface area contributed by atoms with Crippen LogP contribution >= 0.6 is 22.9 Å². The monoisotopic (exact) mass is 377 g/mol. The predicted octanol–water partition coefficient (Wildman–Crippen LogP) is 4.81. The van der Waals surface area contributed by atoms with Gasteiger partial charge in [-0.3, -0.25) is 4.79 Å². The minimum absolute atomic E-state index is 0.0828. The molecule has 25 heavy (non-hydrogen) atoms. The molecule has 0 radical (unpaired) electrons. The summed E-state index contributed by atoms with van der Waals surface area (Å²) in [5, 5.41) is 10.7. The number of nitrogens with one attached hydrogen (secondary N) is 1. The lowest BCUT2D eigenvalue weighted by Gasteiger charge is -2.01. The normalized spacial score (nSPS) is 11.4. The highest BCUT2D eigenvalue weighted by molar-refractivity contribution is 7.15. The van der Waals surface area contributed by atoms with Gasteiger partial charge in [-0.1, -0.05) is 41.1 Å². The quantitative estimate of drug-likeness (QED) is 0.710. The summed E-state index contributed by atoms with van der Waals surface area (Å²) in [5.74, 6) is -1.31. The first-order valence-corrected chi connectivity index (χ1v) is 8.25. The number of benzene rings is 2. The third kappa shape index (κ3) is 4.26. The Hall–Kier alpha value is -2.64. The summed E-state index contributed by atoms with van der Waals surface area (Å²) < 4.78 is 26.5. The fraction of sp³-hybridized carbons (Fsp3) is 0. The molecule has 0 aliphatic rings. The van der Waals surface area contributed by atoms with E-state index < -0.39 is 17.5 Å². The van der Waals surface area contributed by atoms with Crippen LogP contribution in [0, 0.1) is 11.6 Å². The number of hydrogen-bond donors (Lipinski definition) is 1. The average molecular weight is 378 g/mol. The summed E-state index contributed by atoms with van der Waals surface area (Å²) in [6, 6.07) is 11.5. The molecule has 0 aliphatic carbocycles. The van der Waals surface area contributed by atoms with Crippen LogP contribution in [-0.4, -0.2) is 16.1 Å². The van der Waals surface area contributed by atoms with Crippen molar-refractivity contribution in [2.45, 2.75) is 0 Å². The first-order chi connectivity index (χ1) is 12.0. The molecule has 0 unspecified atom stereocenters. The topological polar surface area (TPSA) is 54.9 Å². The maximum Gasteiger partial charge on any atom is 0.286 e. The number of rotatable bonds is 4. The molecule has 1 amide bonds. The Morgan fingerprint density at radius 3 is 2.44 bits per heavy atom. The van der Waals surface area contributed by atoms with Crippen molar-refractivity contribution < 1.29 is 13.6 Å². The van der Waals surface area contributed by atoms with E-state index in [2.05, 4.69) is 15.5 Å². The molecule has 1 heterocycles. The van der Waals surface area contributed by atoms with Gasteiger partial charge in [-0.25, -0.2) is 8.78 Å². The van der Waals surface area contributed by atoms with E-state index in [1.54, 1.807) is 18.2 Å². The van der Waals surface area contributed by atoms with E-state index in [4.69, 9.17) is 11.6 Å². The first-order valence-electron chi connectivity index (χ1n) is 7.05. The molecule has 1 N–H and O–H groups in total. The Labute approximate surface area is 150 Å². The van der Waals surface area contributed by atoms with E-state index in [1.807, 2.05) is 0 Å². The second-order valence-electron chi connectivity index (χ2n) is 4.89. The molecular weight excluding hydrogens is 368 g/mol. The molecule has 0 spiro atoms. The van der Waals surface area contributed by atoms with Crippen molar-refractivity contribution in [3.8, 4) is 0 Å². The van der Waals surface area contributed by atoms with E-state index in [9.17, 15) is 13.6 Å². The standard InChI is InChI=1S/C17H10ClF2N3OS/c18-13(9-10-3-1-2-4-14(10)20)16-22-23-17(25-16)15(24)21-12-7-5-11(19)6-8-12/h1-9H,(H,21,24)/b13-9-. The van der Waals surface area contributed by atoms with Crippen LogP contribution in [-0.2, 0) is 0 Å². The molecule has 0 bridgehead atoms. The summed E-state index contributed by atoms with van der Waals surface area (Å²) in [6.07, 6.45) is 1.42. The third-order valence-corrected chi connectivity index (χ3v) is 4.47. The first kappa shape index (κ1) is 17.2. The van der Waals surface area contributed by atoms with Crippen LogP contribution in [0.5, 0.6) is 0 Å². The minimum atomic E-state index is -0.495. The largest absolute Gasteiger partial charge is 0.320 e. The maximum atomic E-state index is 13.6.